The molecule has 3 rings (SSSR count). The molecule has 0 aliphatic heterocycles. The van der Waals surface area contributed by atoms with E-state index in [2.05, 4.69) is 10.9 Å². The molecule has 2 N–H and O–H groups in total. The molecule has 0 atom stereocenters. The fourth-order valence-corrected chi connectivity index (χ4v) is 3.39. The van der Waals surface area contributed by atoms with Crippen LogP contribution in [0.1, 0.15) is 25.8 Å². The third-order valence-electron chi connectivity index (χ3n) is 3.48. The van der Waals surface area contributed by atoms with Gasteiger partial charge in [0.05, 0.1) is 6.26 Å². The van der Waals surface area contributed by atoms with E-state index in [1.54, 1.807) is 19.1 Å². The molecule has 26 heavy (non-hydrogen) atoms. The number of ether oxygens (including phenoxy) is 1. The second-order valence-corrected chi connectivity index (χ2v) is 6.28. The van der Waals surface area contributed by atoms with Gasteiger partial charge in [-0.25, -0.2) is 9.18 Å². The molecule has 0 fully saturated rings. The molecule has 7 nitrogen and oxygen atoms in total. The van der Waals surface area contributed by atoms with Gasteiger partial charge >= 0.3 is 11.9 Å². The fourth-order valence-electron chi connectivity index (χ4n) is 2.28. The molecule has 0 radical (unpaired) electrons. The van der Waals surface area contributed by atoms with Crippen molar-refractivity contribution in [2.45, 2.75) is 6.92 Å². The molecule has 0 aliphatic rings. The molecular weight excluding hydrogens is 363 g/mol. The number of furan rings is 1. The van der Waals surface area contributed by atoms with Crippen LogP contribution < -0.4 is 10.9 Å². The summed E-state index contributed by atoms with van der Waals surface area (Å²) in [6, 6.07) is 7.51. The summed E-state index contributed by atoms with van der Waals surface area (Å²) < 4.78 is 24.3. The lowest BCUT2D eigenvalue weighted by atomic mass is 10.1. The third kappa shape index (κ3) is 3.57. The second-order valence-electron chi connectivity index (χ2n) is 5.22. The van der Waals surface area contributed by atoms with Crippen molar-refractivity contribution >= 4 is 39.2 Å². The predicted octanol–water partition coefficient (Wildman–Crippen LogP) is 2.56. The van der Waals surface area contributed by atoms with Gasteiger partial charge in [0, 0.05) is 10.1 Å². The number of carbonyl (C=O) groups excluding carboxylic acids is 3. The standard InChI is InChI=1S/C17H13FN2O5S/c1-9-14-10(18)4-2-6-12(14)26-15(9)17(23)25-8-13(21)19-20-16(22)11-5-3-7-24-11/h2-7H,8H2,1H3,(H,19,21)(H,20,22). The van der Waals surface area contributed by atoms with Crippen molar-refractivity contribution in [3.05, 3.63) is 58.6 Å². The highest BCUT2D eigenvalue weighted by atomic mass is 32.1. The molecular formula is C17H13FN2O5S. The number of halogens is 1. The highest BCUT2D eigenvalue weighted by Crippen LogP contribution is 2.32. The Morgan fingerprint density at radius 1 is 1.19 bits per heavy atom. The van der Waals surface area contributed by atoms with Gasteiger partial charge in [-0.1, -0.05) is 6.07 Å². The van der Waals surface area contributed by atoms with Gasteiger partial charge in [0.2, 0.25) is 0 Å². The van der Waals surface area contributed by atoms with Crippen LogP contribution in [-0.2, 0) is 9.53 Å². The summed E-state index contributed by atoms with van der Waals surface area (Å²) in [5.41, 5.74) is 4.67. The fraction of sp³-hybridized carbons (Fsp3) is 0.118. The first-order valence-electron chi connectivity index (χ1n) is 7.45. The van der Waals surface area contributed by atoms with Gasteiger partial charge in [-0.15, -0.1) is 11.3 Å². The molecule has 0 spiro atoms. The first-order valence-corrected chi connectivity index (χ1v) is 8.26. The monoisotopic (exact) mass is 376 g/mol. The summed E-state index contributed by atoms with van der Waals surface area (Å²) in [6.07, 6.45) is 1.31. The maximum atomic E-state index is 13.9. The minimum Gasteiger partial charge on any atom is -0.459 e. The van der Waals surface area contributed by atoms with Crippen molar-refractivity contribution in [3.63, 3.8) is 0 Å². The first kappa shape index (κ1) is 17.6. The lowest BCUT2D eigenvalue weighted by Crippen LogP contribution is -2.43. The van der Waals surface area contributed by atoms with Crippen molar-refractivity contribution in [2.24, 2.45) is 0 Å². The molecule has 0 bridgehead atoms. The molecule has 2 heterocycles. The number of rotatable bonds is 4. The quantitative estimate of drug-likeness (QED) is 0.539. The molecule has 134 valence electrons. The van der Waals surface area contributed by atoms with Crippen LogP contribution in [0, 0.1) is 12.7 Å². The van der Waals surface area contributed by atoms with E-state index in [-0.39, 0.29) is 10.6 Å². The lowest BCUT2D eigenvalue weighted by Gasteiger charge is -2.06. The molecule has 1 aromatic carbocycles. The number of fused-ring (bicyclic) bond motifs is 1. The van der Waals surface area contributed by atoms with E-state index in [1.165, 1.54) is 24.5 Å². The summed E-state index contributed by atoms with van der Waals surface area (Å²) in [4.78, 5) is 35.6. The van der Waals surface area contributed by atoms with Crippen LogP contribution in [0.3, 0.4) is 0 Å². The van der Waals surface area contributed by atoms with Crippen LogP contribution in [0.25, 0.3) is 10.1 Å². The topological polar surface area (TPSA) is 97.6 Å². The van der Waals surface area contributed by atoms with Crippen molar-refractivity contribution in [3.8, 4) is 0 Å². The number of carbonyl (C=O) groups is 3. The van der Waals surface area contributed by atoms with E-state index < -0.39 is 30.2 Å². The Balaban J connectivity index is 1.57. The zero-order valence-corrected chi connectivity index (χ0v) is 14.3. The summed E-state index contributed by atoms with van der Waals surface area (Å²) in [5.74, 6) is -2.52. The van der Waals surface area contributed by atoms with Crippen molar-refractivity contribution < 1.29 is 27.9 Å². The summed E-state index contributed by atoms with van der Waals surface area (Å²) in [7, 11) is 0. The van der Waals surface area contributed by atoms with Crippen molar-refractivity contribution in [2.75, 3.05) is 6.61 Å². The van der Waals surface area contributed by atoms with E-state index in [0.29, 0.717) is 15.6 Å². The summed E-state index contributed by atoms with van der Waals surface area (Å²) >= 11 is 1.09. The van der Waals surface area contributed by atoms with Gasteiger partial charge in [0.25, 0.3) is 5.91 Å². The maximum Gasteiger partial charge on any atom is 0.349 e. The normalized spacial score (nSPS) is 10.5. The smallest absolute Gasteiger partial charge is 0.349 e. The van der Waals surface area contributed by atoms with Gasteiger partial charge < -0.3 is 9.15 Å². The molecule has 0 saturated heterocycles. The van der Waals surface area contributed by atoms with Crippen LogP contribution in [-0.4, -0.2) is 24.4 Å². The Morgan fingerprint density at radius 3 is 2.69 bits per heavy atom. The van der Waals surface area contributed by atoms with Crippen LogP contribution in [0.4, 0.5) is 4.39 Å². The third-order valence-corrected chi connectivity index (χ3v) is 4.72. The molecule has 2 amide bonds. The Labute approximate surface area is 150 Å². The number of esters is 1. The zero-order valence-electron chi connectivity index (χ0n) is 13.5. The summed E-state index contributed by atoms with van der Waals surface area (Å²) in [5, 5.41) is 0.361. The molecule has 0 aliphatic carbocycles. The maximum absolute atomic E-state index is 13.9. The van der Waals surface area contributed by atoms with Gasteiger partial charge in [-0.2, -0.15) is 0 Å². The number of aryl methyl sites for hydroxylation is 1. The van der Waals surface area contributed by atoms with E-state index in [0.717, 1.165) is 11.3 Å². The summed E-state index contributed by atoms with van der Waals surface area (Å²) in [6.45, 7) is 1.01. The average Bonchev–Trinajstić information content (AvgIpc) is 3.26. The van der Waals surface area contributed by atoms with E-state index in [1.807, 2.05) is 0 Å². The molecule has 9 heteroatoms. The van der Waals surface area contributed by atoms with Gasteiger partial charge in [0.15, 0.2) is 12.4 Å². The van der Waals surface area contributed by atoms with E-state index in [4.69, 9.17) is 9.15 Å². The van der Waals surface area contributed by atoms with Crippen LogP contribution in [0.15, 0.2) is 41.0 Å². The minimum absolute atomic E-state index is 0.0187. The Hall–Kier alpha value is -3.20. The molecule has 0 unspecified atom stereocenters. The van der Waals surface area contributed by atoms with Gasteiger partial charge in [0.1, 0.15) is 10.7 Å². The number of hydrazine groups is 1. The average molecular weight is 376 g/mol. The number of hydrogen-bond donors (Lipinski definition) is 2. The zero-order chi connectivity index (χ0) is 18.7. The Morgan fingerprint density at radius 2 is 2.00 bits per heavy atom. The molecule has 3 aromatic rings. The van der Waals surface area contributed by atoms with E-state index >= 15 is 0 Å². The Kier molecular flexibility index (Phi) is 4.99. The Bertz CT molecular complexity index is 981. The molecule has 0 saturated carbocycles. The van der Waals surface area contributed by atoms with Crippen molar-refractivity contribution in [1.82, 2.24) is 10.9 Å². The number of thiophene rings is 1. The SMILES string of the molecule is Cc1c(C(=O)OCC(=O)NNC(=O)c2ccco2)sc2cccc(F)c12. The van der Waals surface area contributed by atoms with Crippen LogP contribution >= 0.6 is 11.3 Å². The largest absolute Gasteiger partial charge is 0.459 e. The minimum atomic E-state index is -0.740. The van der Waals surface area contributed by atoms with Gasteiger partial charge in [-0.05, 0) is 36.8 Å². The number of amides is 2. The van der Waals surface area contributed by atoms with Crippen LogP contribution in [0.2, 0.25) is 0 Å². The second kappa shape index (κ2) is 7.36. The highest BCUT2D eigenvalue weighted by Gasteiger charge is 2.20. The lowest BCUT2D eigenvalue weighted by molar-refractivity contribution is -0.125. The molecule has 2 aromatic heterocycles. The van der Waals surface area contributed by atoms with Crippen LogP contribution in [0.5, 0.6) is 0 Å². The predicted molar refractivity (Wildman–Crippen MR) is 91.1 cm³/mol. The first-order chi connectivity index (χ1) is 12.5. The van der Waals surface area contributed by atoms with Gasteiger partial charge in [-0.3, -0.25) is 20.4 Å². The number of hydrogen-bond acceptors (Lipinski definition) is 6. The number of benzene rings is 1. The highest BCUT2D eigenvalue weighted by molar-refractivity contribution is 7.21. The van der Waals surface area contributed by atoms with Crippen molar-refractivity contribution in [1.29, 1.82) is 0 Å². The number of nitrogens with one attached hydrogen (secondary N) is 2. The van der Waals surface area contributed by atoms with E-state index in [9.17, 15) is 18.8 Å².